The van der Waals surface area contributed by atoms with Crippen LogP contribution in [0.3, 0.4) is 0 Å². The Hall–Kier alpha value is -0.480. The maximum atomic E-state index is 6.21. The van der Waals surface area contributed by atoms with Crippen molar-refractivity contribution in [3.05, 3.63) is 36.4 Å². The summed E-state index contributed by atoms with van der Waals surface area (Å²) in [4.78, 5) is 0. The molecule has 114 valence electrons. The zero-order valence-corrected chi connectivity index (χ0v) is 15.5. The zero-order valence-electron chi connectivity index (χ0n) is 10.6. The lowest BCUT2D eigenvalue weighted by atomic mass is 10.0. The minimum absolute atomic E-state index is 0.458. The number of hydrogen-bond donors (Lipinski definition) is 0. The minimum Gasteiger partial charge on any atom is -0.424 e. The lowest BCUT2D eigenvalue weighted by Gasteiger charge is -2.17. The SMILES string of the molecule is S=P1(Cl)Oc2cccc3c2-c2c(cccc2OP(=S)(Cl)O3)O1. The highest BCUT2D eigenvalue weighted by atomic mass is 35.7. The van der Waals surface area contributed by atoms with Crippen LogP contribution in [0.15, 0.2) is 36.4 Å². The van der Waals surface area contributed by atoms with Crippen molar-refractivity contribution in [2.75, 3.05) is 0 Å². The highest BCUT2D eigenvalue weighted by molar-refractivity contribution is 8.23. The fourth-order valence-corrected chi connectivity index (χ4v) is 5.80. The lowest BCUT2D eigenvalue weighted by Crippen LogP contribution is -1.95. The Bertz CT molecular complexity index is 775. The molecule has 10 heteroatoms. The molecule has 0 amide bonds. The van der Waals surface area contributed by atoms with Crippen molar-refractivity contribution >= 4 is 57.8 Å². The molecule has 0 saturated carbocycles. The first-order valence-electron chi connectivity index (χ1n) is 5.99. The molecule has 0 atom stereocenters. The van der Waals surface area contributed by atoms with Gasteiger partial charge in [-0.05, 0) is 46.7 Å². The van der Waals surface area contributed by atoms with Gasteiger partial charge in [-0.2, -0.15) is 0 Å². The first kappa shape index (κ1) is 15.1. The fourth-order valence-electron chi connectivity index (χ4n) is 2.33. The zero-order chi connectivity index (χ0) is 15.5. The predicted molar refractivity (Wildman–Crippen MR) is 94.7 cm³/mol. The summed E-state index contributed by atoms with van der Waals surface area (Å²) in [6, 6.07) is 10.4. The Morgan fingerprint density at radius 1 is 0.636 bits per heavy atom. The Balaban J connectivity index is 2.14. The minimum atomic E-state index is -3.01. The smallest absolute Gasteiger partial charge is 0.384 e. The van der Waals surface area contributed by atoms with Gasteiger partial charge in [-0.15, -0.1) is 0 Å². The van der Waals surface area contributed by atoms with Crippen LogP contribution in [0.25, 0.3) is 11.1 Å². The van der Waals surface area contributed by atoms with E-state index in [1.54, 1.807) is 36.4 Å². The van der Waals surface area contributed by atoms with Gasteiger partial charge in [0.2, 0.25) is 0 Å². The fraction of sp³-hybridized carbons (Fsp3) is 0. The van der Waals surface area contributed by atoms with Crippen LogP contribution in [0, 0.1) is 0 Å². The average molecular weight is 411 g/mol. The van der Waals surface area contributed by atoms with E-state index in [-0.39, 0.29) is 0 Å². The summed E-state index contributed by atoms with van der Waals surface area (Å²) in [5.74, 6) is -4.19. The van der Waals surface area contributed by atoms with Crippen molar-refractivity contribution in [3.63, 3.8) is 0 Å². The molecule has 0 saturated heterocycles. The largest absolute Gasteiger partial charge is 0.424 e. The van der Waals surface area contributed by atoms with E-state index >= 15 is 0 Å². The number of rotatable bonds is 0. The molecule has 0 aliphatic carbocycles. The standard InChI is InChI=1S/C12H6Cl2O4P2S2/c13-19(21)15-7-3-1-4-8-11(7)12-9(17-19)5-2-6-10(12)18-20(14,22)16-8/h1-6H. The monoisotopic (exact) mass is 410 g/mol. The van der Waals surface area contributed by atoms with Crippen LogP contribution >= 0.6 is 34.2 Å². The van der Waals surface area contributed by atoms with E-state index < -0.39 is 11.7 Å². The van der Waals surface area contributed by atoms with E-state index in [0.29, 0.717) is 34.1 Å². The van der Waals surface area contributed by atoms with Crippen molar-refractivity contribution < 1.29 is 18.1 Å². The summed E-state index contributed by atoms with van der Waals surface area (Å²) in [6.45, 7) is 0. The highest BCUT2D eigenvalue weighted by Gasteiger charge is 2.36. The van der Waals surface area contributed by atoms with Gasteiger partial charge in [-0.25, -0.2) is 0 Å². The van der Waals surface area contributed by atoms with E-state index in [0.717, 1.165) is 0 Å². The summed E-state index contributed by atoms with van der Waals surface area (Å²) in [5.41, 5.74) is 1.26. The molecule has 0 aromatic heterocycles. The van der Waals surface area contributed by atoms with Gasteiger partial charge in [0.05, 0.1) is 11.1 Å². The summed E-state index contributed by atoms with van der Waals surface area (Å²) >= 11 is 22.9. The van der Waals surface area contributed by atoms with Crippen molar-refractivity contribution in [1.29, 1.82) is 0 Å². The van der Waals surface area contributed by atoms with E-state index in [9.17, 15) is 0 Å². The van der Waals surface area contributed by atoms with E-state index in [4.69, 9.17) is 64.2 Å². The summed E-state index contributed by atoms with van der Waals surface area (Å²) in [7, 11) is 0. The van der Waals surface area contributed by atoms with Gasteiger partial charge in [0, 0.05) is 23.6 Å². The maximum Gasteiger partial charge on any atom is 0.384 e. The second kappa shape index (κ2) is 5.01. The van der Waals surface area contributed by atoms with E-state index in [2.05, 4.69) is 0 Å². The first-order valence-corrected chi connectivity index (χ1v) is 13.1. The molecule has 22 heavy (non-hydrogen) atoms. The van der Waals surface area contributed by atoms with Gasteiger partial charge in [-0.1, -0.05) is 12.1 Å². The quantitative estimate of drug-likeness (QED) is 0.509. The molecule has 2 aromatic carbocycles. The van der Waals surface area contributed by atoms with Gasteiger partial charge < -0.3 is 18.1 Å². The third kappa shape index (κ3) is 2.52. The number of halogens is 2. The van der Waals surface area contributed by atoms with Crippen LogP contribution < -0.4 is 18.1 Å². The molecule has 2 aromatic rings. The Labute approximate surface area is 146 Å². The third-order valence-electron chi connectivity index (χ3n) is 3.06. The van der Waals surface area contributed by atoms with Crippen LogP contribution in [-0.4, -0.2) is 0 Å². The number of benzene rings is 2. The van der Waals surface area contributed by atoms with E-state index in [1.165, 1.54) is 0 Å². The second-order valence-electron chi connectivity index (χ2n) is 4.48. The molecule has 0 bridgehead atoms. The van der Waals surface area contributed by atoms with Gasteiger partial charge >= 0.3 is 11.7 Å². The maximum absolute atomic E-state index is 6.21. The second-order valence-corrected chi connectivity index (χ2v) is 13.7. The molecule has 4 nitrogen and oxygen atoms in total. The van der Waals surface area contributed by atoms with Crippen LogP contribution in [0.5, 0.6) is 23.0 Å². The molecule has 4 rings (SSSR count). The normalized spacial score (nSPS) is 19.2. The highest BCUT2D eigenvalue weighted by Crippen LogP contribution is 2.67. The summed E-state index contributed by atoms with van der Waals surface area (Å²) < 4.78 is 22.8. The molecule has 0 radical (unpaired) electrons. The predicted octanol–water partition coefficient (Wildman–Crippen LogP) is 5.82. The van der Waals surface area contributed by atoms with Crippen LogP contribution in [0.4, 0.5) is 0 Å². The Morgan fingerprint density at radius 2 is 0.909 bits per heavy atom. The van der Waals surface area contributed by atoms with Crippen LogP contribution in [0.2, 0.25) is 0 Å². The molecule has 0 N–H and O–H groups in total. The summed E-state index contributed by atoms with van der Waals surface area (Å²) in [5, 5.41) is 0. The third-order valence-corrected chi connectivity index (χ3v) is 6.44. The van der Waals surface area contributed by atoms with Gasteiger partial charge in [0.1, 0.15) is 23.0 Å². The lowest BCUT2D eigenvalue weighted by molar-refractivity contribution is 0.499. The molecule has 0 unspecified atom stereocenters. The van der Waals surface area contributed by atoms with E-state index in [1.807, 2.05) is 0 Å². The van der Waals surface area contributed by atoms with Crippen molar-refractivity contribution in [3.8, 4) is 34.1 Å². The average Bonchev–Trinajstić information content (AvgIpc) is 2.58. The molecule has 2 aliphatic rings. The van der Waals surface area contributed by atoms with Crippen molar-refractivity contribution in [2.45, 2.75) is 0 Å². The Kier molecular flexibility index (Phi) is 3.43. The molecular weight excluding hydrogens is 405 g/mol. The molecule has 0 spiro atoms. The first-order chi connectivity index (χ1) is 10.3. The molecule has 2 aliphatic heterocycles. The topological polar surface area (TPSA) is 36.9 Å². The van der Waals surface area contributed by atoms with Gasteiger partial charge in [-0.3, -0.25) is 0 Å². The van der Waals surface area contributed by atoms with Gasteiger partial charge in [0.15, 0.2) is 0 Å². The van der Waals surface area contributed by atoms with Crippen molar-refractivity contribution in [1.82, 2.24) is 0 Å². The Morgan fingerprint density at radius 3 is 1.18 bits per heavy atom. The molecule has 2 heterocycles. The molecular formula is C12H6Cl2O4P2S2. The van der Waals surface area contributed by atoms with Crippen LogP contribution in [-0.2, 0) is 23.6 Å². The molecule has 0 fully saturated rings. The van der Waals surface area contributed by atoms with Crippen LogP contribution in [0.1, 0.15) is 0 Å². The van der Waals surface area contributed by atoms with Crippen molar-refractivity contribution in [2.24, 2.45) is 0 Å². The van der Waals surface area contributed by atoms with Gasteiger partial charge in [0.25, 0.3) is 0 Å². The number of hydrogen-bond acceptors (Lipinski definition) is 6. The summed E-state index contributed by atoms with van der Waals surface area (Å²) in [6.07, 6.45) is 0.